The third-order valence-corrected chi connectivity index (χ3v) is 3.87. The van der Waals surface area contributed by atoms with Gasteiger partial charge < -0.3 is 10.2 Å². The zero-order valence-corrected chi connectivity index (χ0v) is 10.5. The van der Waals surface area contributed by atoms with Crippen LogP contribution in [0.5, 0.6) is 0 Å². The molecule has 0 bridgehead atoms. The summed E-state index contributed by atoms with van der Waals surface area (Å²) in [5.41, 5.74) is 0. The fourth-order valence-electron chi connectivity index (χ4n) is 2.02. The summed E-state index contributed by atoms with van der Waals surface area (Å²) in [7, 11) is 0. The van der Waals surface area contributed by atoms with Gasteiger partial charge in [0.2, 0.25) is 0 Å². The lowest BCUT2D eigenvalue weighted by Gasteiger charge is -2.26. The topological polar surface area (TPSA) is 40.0 Å². The van der Waals surface area contributed by atoms with Gasteiger partial charge in [0.25, 0.3) is 0 Å². The van der Waals surface area contributed by atoms with Gasteiger partial charge >= 0.3 is 0 Å². The minimum atomic E-state index is 0.817. The Morgan fingerprint density at radius 3 is 2.94 bits per heavy atom. The van der Waals surface area contributed by atoms with Crippen molar-refractivity contribution in [2.75, 3.05) is 31.9 Å². The average molecular weight is 240 g/mol. The number of likely N-dealkylation sites (tertiary alicyclic amines) is 1. The highest BCUT2D eigenvalue weighted by Gasteiger charge is 2.09. The molecule has 90 valence electrons. The van der Waals surface area contributed by atoms with Crippen LogP contribution in [0.2, 0.25) is 0 Å². The van der Waals surface area contributed by atoms with Crippen molar-refractivity contribution < 1.29 is 0 Å². The van der Waals surface area contributed by atoms with Gasteiger partial charge in [0.05, 0.1) is 6.54 Å². The van der Waals surface area contributed by atoms with Crippen molar-refractivity contribution in [1.29, 1.82) is 0 Å². The highest BCUT2D eigenvalue weighted by Crippen LogP contribution is 2.11. The van der Waals surface area contributed by atoms with Crippen LogP contribution in [0.3, 0.4) is 0 Å². The van der Waals surface area contributed by atoms with Gasteiger partial charge in [-0.15, -0.1) is 5.10 Å². The number of amidine groups is 1. The Bertz CT molecular complexity index is 259. The molecule has 2 heterocycles. The summed E-state index contributed by atoms with van der Waals surface area (Å²) in [6.45, 7) is 4.66. The molecule has 2 aliphatic rings. The number of rotatable bonds is 4. The smallest absolute Gasteiger partial charge is 0.183 e. The Labute approximate surface area is 102 Å². The normalized spacial score (nSPS) is 21.6. The Kier molecular flexibility index (Phi) is 5.15. The van der Waals surface area contributed by atoms with Crippen molar-refractivity contribution in [3.63, 3.8) is 0 Å². The van der Waals surface area contributed by atoms with Crippen molar-refractivity contribution in [3.8, 4) is 0 Å². The van der Waals surface area contributed by atoms with Crippen molar-refractivity contribution in [2.24, 2.45) is 10.2 Å². The van der Waals surface area contributed by atoms with E-state index in [0.717, 1.165) is 17.5 Å². The van der Waals surface area contributed by atoms with E-state index < -0.39 is 0 Å². The van der Waals surface area contributed by atoms with E-state index in [4.69, 9.17) is 0 Å². The summed E-state index contributed by atoms with van der Waals surface area (Å²) in [6, 6.07) is 0. The van der Waals surface area contributed by atoms with Crippen molar-refractivity contribution in [3.05, 3.63) is 0 Å². The Morgan fingerprint density at radius 2 is 2.19 bits per heavy atom. The number of hydrogen-bond acceptors (Lipinski definition) is 5. The molecule has 0 saturated carbocycles. The number of nitrogens with zero attached hydrogens (tertiary/aromatic N) is 3. The standard InChI is InChI=1S/C11H20N4S/c1-2-7-15(8-3-1)9-4-10-16-11-12-5-6-13-14-11/h6H,1-5,7-10H2,(H,12,14). The van der Waals surface area contributed by atoms with E-state index in [1.807, 2.05) is 0 Å². The maximum absolute atomic E-state index is 4.04. The molecule has 2 rings (SSSR count). The third kappa shape index (κ3) is 4.14. The van der Waals surface area contributed by atoms with Crippen LogP contribution in [0, 0.1) is 0 Å². The highest BCUT2D eigenvalue weighted by molar-refractivity contribution is 8.13. The maximum Gasteiger partial charge on any atom is 0.183 e. The second kappa shape index (κ2) is 6.91. The first-order chi connectivity index (χ1) is 7.95. The van der Waals surface area contributed by atoms with Crippen LogP contribution < -0.4 is 5.32 Å². The number of hydrogen-bond donors (Lipinski definition) is 1. The number of piperidine rings is 1. The SMILES string of the molecule is C1=NN=C(SCCCN2CCCCC2)NC1. The van der Waals surface area contributed by atoms with Crippen LogP contribution in [0.25, 0.3) is 0 Å². The fourth-order valence-corrected chi connectivity index (χ4v) is 2.78. The van der Waals surface area contributed by atoms with Gasteiger partial charge in [-0.3, -0.25) is 0 Å². The first kappa shape index (κ1) is 11.9. The molecule has 0 aliphatic carbocycles. The summed E-state index contributed by atoms with van der Waals surface area (Å²) >= 11 is 1.78. The monoisotopic (exact) mass is 240 g/mol. The minimum Gasteiger partial charge on any atom is -0.358 e. The Balaban J connectivity index is 1.54. The summed E-state index contributed by atoms with van der Waals surface area (Å²) < 4.78 is 0. The molecule has 0 aromatic rings. The molecule has 1 saturated heterocycles. The zero-order chi connectivity index (χ0) is 11.1. The van der Waals surface area contributed by atoms with E-state index in [-0.39, 0.29) is 0 Å². The van der Waals surface area contributed by atoms with E-state index in [1.165, 1.54) is 45.3 Å². The van der Waals surface area contributed by atoms with E-state index >= 15 is 0 Å². The van der Waals surface area contributed by atoms with E-state index in [0.29, 0.717) is 0 Å². The van der Waals surface area contributed by atoms with Gasteiger partial charge in [0, 0.05) is 12.0 Å². The lowest BCUT2D eigenvalue weighted by molar-refractivity contribution is 0.230. The Morgan fingerprint density at radius 1 is 1.31 bits per heavy atom. The van der Waals surface area contributed by atoms with Gasteiger partial charge in [-0.25, -0.2) is 0 Å². The summed E-state index contributed by atoms with van der Waals surface area (Å²) in [4.78, 5) is 2.58. The summed E-state index contributed by atoms with van der Waals surface area (Å²) in [5, 5.41) is 12.1. The van der Waals surface area contributed by atoms with Crippen molar-refractivity contribution in [1.82, 2.24) is 10.2 Å². The minimum absolute atomic E-state index is 0.817. The molecule has 0 aromatic heterocycles. The van der Waals surface area contributed by atoms with Gasteiger partial charge in [-0.2, -0.15) is 5.10 Å². The fraction of sp³-hybridized carbons (Fsp3) is 0.818. The quantitative estimate of drug-likeness (QED) is 0.758. The van der Waals surface area contributed by atoms with Crippen LogP contribution in [-0.2, 0) is 0 Å². The average Bonchev–Trinajstić information content (AvgIpc) is 2.37. The van der Waals surface area contributed by atoms with Crippen LogP contribution in [0.15, 0.2) is 10.2 Å². The van der Waals surface area contributed by atoms with Gasteiger partial charge in [-0.1, -0.05) is 18.2 Å². The van der Waals surface area contributed by atoms with Crippen LogP contribution in [0.4, 0.5) is 0 Å². The number of nitrogens with one attached hydrogen (secondary N) is 1. The molecular formula is C11H20N4S. The van der Waals surface area contributed by atoms with Gasteiger partial charge in [0.15, 0.2) is 5.17 Å². The molecule has 1 N–H and O–H groups in total. The van der Waals surface area contributed by atoms with Crippen LogP contribution in [0.1, 0.15) is 25.7 Å². The Hall–Kier alpha value is -0.550. The van der Waals surface area contributed by atoms with Gasteiger partial charge in [-0.05, 0) is 38.9 Å². The van der Waals surface area contributed by atoms with E-state index in [1.54, 1.807) is 18.0 Å². The molecule has 16 heavy (non-hydrogen) atoms. The van der Waals surface area contributed by atoms with Crippen molar-refractivity contribution in [2.45, 2.75) is 25.7 Å². The summed E-state index contributed by atoms with van der Waals surface area (Å²) in [6.07, 6.45) is 7.23. The van der Waals surface area contributed by atoms with Crippen molar-refractivity contribution >= 4 is 23.1 Å². The lowest BCUT2D eigenvalue weighted by atomic mass is 10.1. The number of thioether (sulfide) groups is 1. The van der Waals surface area contributed by atoms with Gasteiger partial charge in [0.1, 0.15) is 0 Å². The predicted octanol–water partition coefficient (Wildman–Crippen LogP) is 1.54. The molecular weight excluding hydrogens is 220 g/mol. The first-order valence-electron chi connectivity index (χ1n) is 6.14. The third-order valence-electron chi connectivity index (χ3n) is 2.88. The molecule has 0 spiro atoms. The van der Waals surface area contributed by atoms with Crippen LogP contribution >= 0.6 is 11.8 Å². The zero-order valence-electron chi connectivity index (χ0n) is 9.69. The van der Waals surface area contributed by atoms with E-state index in [2.05, 4.69) is 20.4 Å². The second-order valence-corrected chi connectivity index (χ2v) is 5.27. The predicted molar refractivity (Wildman–Crippen MR) is 71.3 cm³/mol. The summed E-state index contributed by atoms with van der Waals surface area (Å²) in [5.74, 6) is 1.14. The molecule has 5 heteroatoms. The molecule has 0 amide bonds. The first-order valence-corrected chi connectivity index (χ1v) is 7.12. The second-order valence-electron chi connectivity index (χ2n) is 4.19. The highest BCUT2D eigenvalue weighted by atomic mass is 32.2. The van der Waals surface area contributed by atoms with E-state index in [9.17, 15) is 0 Å². The molecule has 1 fully saturated rings. The lowest BCUT2D eigenvalue weighted by Crippen LogP contribution is -2.31. The largest absolute Gasteiger partial charge is 0.358 e. The van der Waals surface area contributed by atoms with Crippen LogP contribution in [-0.4, -0.2) is 48.2 Å². The molecule has 0 unspecified atom stereocenters. The molecule has 2 aliphatic heterocycles. The molecule has 0 aromatic carbocycles. The molecule has 0 atom stereocenters. The molecule has 4 nitrogen and oxygen atoms in total. The maximum atomic E-state index is 4.04. The molecule has 0 radical (unpaired) electrons.